The summed E-state index contributed by atoms with van der Waals surface area (Å²) in [6.45, 7) is 0.322. The van der Waals surface area contributed by atoms with Crippen molar-refractivity contribution < 1.29 is 28.6 Å². The maximum absolute atomic E-state index is 13.5. The minimum atomic E-state index is -0.567. The quantitative estimate of drug-likeness (QED) is 0.343. The molecule has 1 aliphatic rings. The van der Waals surface area contributed by atoms with E-state index in [0.29, 0.717) is 46.4 Å². The molecular weight excluding hydrogens is 473 g/mol. The van der Waals surface area contributed by atoms with E-state index in [-0.39, 0.29) is 41.7 Å². The molecule has 8 heteroatoms. The Labute approximate surface area is 207 Å². The Morgan fingerprint density at radius 3 is 2.51 bits per heavy atom. The monoisotopic (exact) mass is 497 g/mol. The van der Waals surface area contributed by atoms with Crippen LogP contribution in [0.1, 0.15) is 52.1 Å². The minimum Gasteiger partial charge on any atom is -0.493 e. The van der Waals surface area contributed by atoms with E-state index in [1.54, 1.807) is 24.3 Å². The van der Waals surface area contributed by atoms with Crippen LogP contribution in [0, 0.1) is 11.7 Å². The Morgan fingerprint density at radius 2 is 1.83 bits per heavy atom. The second kappa shape index (κ2) is 11.0. The Morgan fingerprint density at radius 1 is 1.06 bits per heavy atom. The molecule has 0 aliphatic heterocycles. The molecule has 0 spiro atoms. The minimum absolute atomic E-state index is 0.0208. The Hall–Kier alpha value is -3.29. The summed E-state index contributed by atoms with van der Waals surface area (Å²) in [5.41, 5.74) is 1.89. The van der Waals surface area contributed by atoms with E-state index in [1.165, 1.54) is 44.2 Å². The summed E-state index contributed by atoms with van der Waals surface area (Å²) >= 11 is 5.87. The maximum atomic E-state index is 13.5. The number of hydrogen-bond acceptors (Lipinski definition) is 6. The summed E-state index contributed by atoms with van der Waals surface area (Å²) in [4.78, 5) is 30.0. The number of aliphatic hydroxyl groups excluding tert-OH is 1. The van der Waals surface area contributed by atoms with Crippen LogP contribution in [0.5, 0.6) is 11.5 Å². The van der Waals surface area contributed by atoms with E-state index in [9.17, 15) is 19.1 Å². The van der Waals surface area contributed by atoms with Gasteiger partial charge in [0.25, 0.3) is 0 Å². The molecule has 1 heterocycles. The lowest BCUT2D eigenvalue weighted by Gasteiger charge is -2.12. The van der Waals surface area contributed by atoms with Crippen LogP contribution >= 0.6 is 11.6 Å². The molecule has 3 aromatic rings. The molecule has 0 bridgehead atoms. The van der Waals surface area contributed by atoms with Gasteiger partial charge in [-0.3, -0.25) is 9.59 Å². The molecule has 1 N–H and O–H groups in total. The molecular formula is C27H25ClFNO5. The molecule has 35 heavy (non-hydrogen) atoms. The van der Waals surface area contributed by atoms with Gasteiger partial charge in [0.2, 0.25) is 0 Å². The first kappa shape index (κ1) is 24.8. The highest BCUT2D eigenvalue weighted by atomic mass is 35.5. The number of aromatic nitrogens is 1. The number of ether oxygens (including phenoxy) is 2. The van der Waals surface area contributed by atoms with Gasteiger partial charge in [-0.25, -0.2) is 9.37 Å². The van der Waals surface area contributed by atoms with E-state index in [2.05, 4.69) is 4.98 Å². The van der Waals surface area contributed by atoms with Crippen molar-refractivity contribution in [3.63, 3.8) is 0 Å². The van der Waals surface area contributed by atoms with Crippen LogP contribution < -0.4 is 9.47 Å². The third-order valence-electron chi connectivity index (χ3n) is 5.80. The van der Waals surface area contributed by atoms with E-state index in [1.807, 2.05) is 0 Å². The van der Waals surface area contributed by atoms with Gasteiger partial charge in [0.1, 0.15) is 11.5 Å². The van der Waals surface area contributed by atoms with Gasteiger partial charge in [-0.1, -0.05) is 11.6 Å². The first-order valence-corrected chi connectivity index (χ1v) is 11.7. The largest absolute Gasteiger partial charge is 0.493 e. The molecule has 0 unspecified atom stereocenters. The summed E-state index contributed by atoms with van der Waals surface area (Å²) in [6, 6.07) is 12.2. The number of benzene rings is 2. The van der Waals surface area contributed by atoms with Crippen molar-refractivity contribution in [2.75, 3.05) is 13.7 Å². The average Bonchev–Trinajstić information content (AvgIpc) is 3.71. The molecule has 1 saturated carbocycles. The average molecular weight is 498 g/mol. The normalized spacial score (nSPS) is 12.9. The lowest BCUT2D eigenvalue weighted by atomic mass is 10.0. The molecule has 0 amide bonds. The third kappa shape index (κ3) is 6.24. The third-order valence-corrected chi connectivity index (χ3v) is 6.09. The Bertz CT molecular complexity index is 1260. The molecule has 1 fully saturated rings. The van der Waals surface area contributed by atoms with Gasteiger partial charge in [0.05, 0.1) is 31.0 Å². The molecule has 4 rings (SSSR count). The van der Waals surface area contributed by atoms with Crippen molar-refractivity contribution in [3.05, 3.63) is 76.2 Å². The van der Waals surface area contributed by atoms with Crippen molar-refractivity contribution >= 4 is 23.2 Å². The van der Waals surface area contributed by atoms with Crippen LogP contribution in [0.15, 0.2) is 48.5 Å². The second-order valence-corrected chi connectivity index (χ2v) is 8.91. The van der Waals surface area contributed by atoms with Gasteiger partial charge in [-0.15, -0.1) is 0 Å². The fraction of sp³-hybridized carbons (Fsp3) is 0.296. The zero-order chi connectivity index (χ0) is 24.9. The van der Waals surface area contributed by atoms with E-state index in [0.717, 1.165) is 0 Å². The van der Waals surface area contributed by atoms with Crippen LogP contribution in [-0.4, -0.2) is 35.4 Å². The number of methoxy groups -OCH3 is 1. The number of carbonyl (C=O) groups is 2. The fourth-order valence-corrected chi connectivity index (χ4v) is 3.76. The van der Waals surface area contributed by atoms with Gasteiger partial charge in [-0.2, -0.15) is 0 Å². The predicted octanol–water partition coefficient (Wildman–Crippen LogP) is 5.68. The molecule has 1 aromatic heterocycles. The number of rotatable bonds is 11. The number of Topliss-reactive ketones (excluding diaryl/α,β-unsaturated/α-hetero) is 2. The molecule has 1 aliphatic carbocycles. The molecule has 6 nitrogen and oxygen atoms in total. The van der Waals surface area contributed by atoms with E-state index >= 15 is 0 Å². The lowest BCUT2D eigenvalue weighted by Crippen LogP contribution is -2.09. The first-order valence-electron chi connectivity index (χ1n) is 11.3. The number of nitrogens with zero attached hydrogens (tertiary/aromatic N) is 1. The standard InChI is InChI=1S/C27H25ClFNO5/c1-34-27-13-19(5-9-26(27)35-15-16-2-3-16)24(32)7-8-25(33)23-11-17(14-31)10-22(30-23)18-4-6-21(29)20(28)12-18/h4-6,9-13,16,31H,2-3,7-8,14-15H2,1H3. The summed E-state index contributed by atoms with van der Waals surface area (Å²) in [6.07, 6.45) is 2.25. The summed E-state index contributed by atoms with van der Waals surface area (Å²) in [7, 11) is 1.52. The topological polar surface area (TPSA) is 85.7 Å². The molecule has 0 saturated heterocycles. The Kier molecular flexibility index (Phi) is 7.78. The lowest BCUT2D eigenvalue weighted by molar-refractivity contribution is 0.0914. The SMILES string of the molecule is COc1cc(C(=O)CCC(=O)c2cc(CO)cc(-c3ccc(F)c(Cl)c3)n2)ccc1OCC1CC1. The number of aliphatic hydroxyl groups is 1. The van der Waals surface area contributed by atoms with Crippen LogP contribution in [0.3, 0.4) is 0 Å². The molecule has 2 aromatic carbocycles. The van der Waals surface area contributed by atoms with Crippen molar-refractivity contribution in [2.45, 2.75) is 32.3 Å². The molecule has 182 valence electrons. The van der Waals surface area contributed by atoms with Gasteiger partial charge >= 0.3 is 0 Å². The number of pyridine rings is 1. The highest BCUT2D eigenvalue weighted by Crippen LogP contribution is 2.33. The fourth-order valence-electron chi connectivity index (χ4n) is 3.58. The van der Waals surface area contributed by atoms with Gasteiger partial charge < -0.3 is 14.6 Å². The predicted molar refractivity (Wildman–Crippen MR) is 130 cm³/mol. The van der Waals surface area contributed by atoms with Gasteiger partial charge in [-0.05, 0) is 72.9 Å². The summed E-state index contributed by atoms with van der Waals surface area (Å²) < 4.78 is 24.7. The smallest absolute Gasteiger partial charge is 0.181 e. The number of halogens is 2. The highest BCUT2D eigenvalue weighted by molar-refractivity contribution is 6.31. The number of carbonyl (C=O) groups excluding carboxylic acids is 2. The zero-order valence-electron chi connectivity index (χ0n) is 19.2. The summed E-state index contributed by atoms with van der Waals surface area (Å²) in [5.74, 6) is 0.523. The number of hydrogen-bond donors (Lipinski definition) is 1. The Balaban J connectivity index is 1.45. The second-order valence-electron chi connectivity index (χ2n) is 8.50. The molecule has 0 radical (unpaired) electrons. The van der Waals surface area contributed by atoms with Gasteiger partial charge in [0, 0.05) is 24.0 Å². The van der Waals surface area contributed by atoms with Crippen molar-refractivity contribution in [1.82, 2.24) is 4.98 Å². The van der Waals surface area contributed by atoms with Crippen LogP contribution in [0.2, 0.25) is 5.02 Å². The van der Waals surface area contributed by atoms with E-state index in [4.69, 9.17) is 21.1 Å². The van der Waals surface area contributed by atoms with E-state index < -0.39 is 5.82 Å². The highest BCUT2D eigenvalue weighted by Gasteiger charge is 2.23. The maximum Gasteiger partial charge on any atom is 0.181 e. The van der Waals surface area contributed by atoms with Crippen molar-refractivity contribution in [2.24, 2.45) is 5.92 Å². The van der Waals surface area contributed by atoms with Crippen molar-refractivity contribution in [1.29, 1.82) is 0 Å². The molecule has 0 atom stereocenters. The number of ketones is 2. The van der Waals surface area contributed by atoms with Crippen LogP contribution in [0.4, 0.5) is 4.39 Å². The van der Waals surface area contributed by atoms with Crippen molar-refractivity contribution in [3.8, 4) is 22.8 Å². The first-order chi connectivity index (χ1) is 16.9. The zero-order valence-corrected chi connectivity index (χ0v) is 20.0. The van der Waals surface area contributed by atoms with Crippen LogP contribution in [0.25, 0.3) is 11.3 Å². The summed E-state index contributed by atoms with van der Waals surface area (Å²) in [5, 5.41) is 9.55. The van der Waals surface area contributed by atoms with Crippen LogP contribution in [-0.2, 0) is 6.61 Å². The van der Waals surface area contributed by atoms with Gasteiger partial charge in [0.15, 0.2) is 23.1 Å².